The highest BCUT2D eigenvalue weighted by Crippen LogP contribution is 2.82. The summed E-state index contributed by atoms with van der Waals surface area (Å²) in [5.74, 6) is 3.89. The van der Waals surface area contributed by atoms with Gasteiger partial charge in [-0.3, -0.25) is 0 Å². The van der Waals surface area contributed by atoms with Crippen LogP contribution in [0.25, 0.3) is 0 Å². The molecule has 0 N–H and O–H groups in total. The van der Waals surface area contributed by atoms with Crippen LogP contribution < -0.4 is 0 Å². The van der Waals surface area contributed by atoms with Crippen LogP contribution in [0.5, 0.6) is 0 Å². The molecule has 90 heavy (non-hydrogen) atoms. The molecule has 5 nitrogen and oxygen atoms in total. The first-order chi connectivity index (χ1) is 43.4. The maximum atomic E-state index is 6.38. The third kappa shape index (κ3) is 7.82. The van der Waals surface area contributed by atoms with Crippen LogP contribution in [-0.2, 0) is 50.8 Å². The molecule has 0 aromatic heterocycles. The number of fused-ring (bicyclic) bond motifs is 25. The highest BCUT2D eigenvalue weighted by molar-refractivity contribution is 9.09. The van der Waals surface area contributed by atoms with E-state index in [2.05, 4.69) is 266 Å². The van der Waals surface area contributed by atoms with E-state index < -0.39 is 0 Å². The SMILES string of the molecule is C[C@]12O[C@@]1(CCBr)[C@@H]1CC[C@@]2(c2ccccc2)C1.C[C@]12O[C@@]1(CCBr)[C@@H]1CC[C@@]2(c2ccccc2)C1.C[C@]12O[C@@]1(CCBr)[C@@H]1CC[C@@]2(c2ccccc2)C1.C[C@]12O[C@@]1(CCBr)[C@@H]1CC[C@@]2(c2ccccc2)C1.C[C@]12O[C@@]1(CCBr)[C@@H]1CC[C@@]2(c2ccccc2)C1. The van der Waals surface area contributed by atoms with E-state index in [1.54, 1.807) is 0 Å². The Balaban J connectivity index is 0.0000000901. The molecule has 0 unspecified atom stereocenters. The van der Waals surface area contributed by atoms with Crippen molar-refractivity contribution in [2.75, 3.05) is 26.7 Å². The van der Waals surface area contributed by atoms with Gasteiger partial charge in [-0.1, -0.05) is 231 Å². The van der Waals surface area contributed by atoms with Gasteiger partial charge in [-0.05, 0) is 220 Å². The normalized spacial score (nSPS) is 48.2. The minimum atomic E-state index is 0.0953. The Labute approximate surface area is 580 Å². The Bertz CT molecular complexity index is 2970. The molecule has 15 aliphatic rings. The summed E-state index contributed by atoms with van der Waals surface area (Å²) in [6.07, 6.45) is 25.8. The average Bonchev–Trinajstić information content (AvgIpc) is 1.51. The van der Waals surface area contributed by atoms with E-state index in [1.165, 1.54) is 156 Å². The first-order valence-electron chi connectivity index (χ1n) is 35.0. The lowest BCUT2D eigenvalue weighted by atomic mass is 9.67. The van der Waals surface area contributed by atoms with E-state index in [0.29, 0.717) is 27.1 Å². The molecule has 10 bridgehead atoms. The van der Waals surface area contributed by atoms with Gasteiger partial charge in [-0.2, -0.15) is 0 Å². The average molecular weight is 1540 g/mol. The third-order valence-corrected chi connectivity index (χ3v) is 32.1. The summed E-state index contributed by atoms with van der Waals surface area (Å²) in [6, 6.07) is 55.4. The van der Waals surface area contributed by atoms with Crippen molar-refractivity contribution in [1.29, 1.82) is 0 Å². The highest BCUT2D eigenvalue weighted by Gasteiger charge is 2.89. The monoisotopic (exact) mass is 1530 g/mol. The van der Waals surface area contributed by atoms with Gasteiger partial charge >= 0.3 is 0 Å². The molecule has 480 valence electrons. The van der Waals surface area contributed by atoms with Crippen LogP contribution in [0.2, 0.25) is 0 Å². The van der Waals surface area contributed by atoms with Crippen LogP contribution in [0.3, 0.4) is 0 Å². The lowest BCUT2D eigenvalue weighted by Crippen LogP contribution is -2.41. The Morgan fingerprint density at radius 3 is 0.567 bits per heavy atom. The van der Waals surface area contributed by atoms with Gasteiger partial charge in [0.1, 0.15) is 56.0 Å². The summed E-state index contributed by atoms with van der Waals surface area (Å²) in [7, 11) is 0. The molecule has 15 fully saturated rings. The lowest BCUT2D eigenvalue weighted by molar-refractivity contribution is 0.150. The first-order valence-corrected chi connectivity index (χ1v) is 40.6. The molecule has 5 heterocycles. The Kier molecular flexibility index (Phi) is 15.2. The molecule has 5 aromatic carbocycles. The second kappa shape index (κ2) is 21.6. The summed E-state index contributed by atoms with van der Waals surface area (Å²) in [6.45, 7) is 11.8. The van der Waals surface area contributed by atoms with E-state index in [9.17, 15) is 0 Å². The van der Waals surface area contributed by atoms with Crippen LogP contribution in [0.15, 0.2) is 152 Å². The van der Waals surface area contributed by atoms with Gasteiger partial charge in [0.2, 0.25) is 0 Å². The van der Waals surface area contributed by atoms with Crippen molar-refractivity contribution in [2.45, 2.75) is 246 Å². The molecule has 5 aromatic rings. The Hall–Kier alpha value is -1.70. The number of benzene rings is 5. The molecule has 5 aliphatic heterocycles. The molecule has 10 heteroatoms. The fraction of sp³-hybridized carbons (Fsp3) is 0.625. The lowest BCUT2D eigenvalue weighted by Gasteiger charge is -2.34. The van der Waals surface area contributed by atoms with Crippen molar-refractivity contribution in [1.82, 2.24) is 0 Å². The van der Waals surface area contributed by atoms with Gasteiger partial charge in [0.05, 0.1) is 0 Å². The van der Waals surface area contributed by atoms with Crippen molar-refractivity contribution in [3.63, 3.8) is 0 Å². The van der Waals surface area contributed by atoms with E-state index >= 15 is 0 Å². The third-order valence-electron chi connectivity index (χ3n) is 30.2. The molecule has 0 spiro atoms. The molecule has 5 saturated heterocycles. The number of rotatable bonds is 15. The van der Waals surface area contributed by atoms with Gasteiger partial charge in [-0.25, -0.2) is 0 Å². The quantitative estimate of drug-likeness (QED) is 0.0772. The molecule has 0 amide bonds. The number of hydrogen-bond donors (Lipinski definition) is 0. The molecule has 10 saturated carbocycles. The van der Waals surface area contributed by atoms with Crippen LogP contribution in [0.1, 0.15) is 191 Å². The van der Waals surface area contributed by atoms with Gasteiger partial charge < -0.3 is 23.7 Å². The molecule has 20 rings (SSSR count). The molecule has 10 aliphatic carbocycles. The second-order valence-corrected chi connectivity index (χ2v) is 35.7. The van der Waals surface area contributed by atoms with E-state index in [0.717, 1.165) is 56.2 Å². The zero-order chi connectivity index (χ0) is 62.2. The van der Waals surface area contributed by atoms with Crippen LogP contribution in [0, 0.1) is 29.6 Å². The summed E-state index contributed by atoms with van der Waals surface area (Å²) >= 11 is 18.1. The fourth-order valence-electron chi connectivity index (χ4n) is 25.6. The number of epoxide rings is 5. The maximum Gasteiger partial charge on any atom is 0.105 e. The summed E-state index contributed by atoms with van der Waals surface area (Å²) in [5, 5.41) is 5.30. The second-order valence-electron chi connectivity index (χ2n) is 31.8. The highest BCUT2D eigenvalue weighted by atomic mass is 79.9. The number of hydrogen-bond acceptors (Lipinski definition) is 5. The largest absolute Gasteiger partial charge is 0.362 e. The van der Waals surface area contributed by atoms with Crippen molar-refractivity contribution in [3.05, 3.63) is 179 Å². The van der Waals surface area contributed by atoms with Gasteiger partial charge in [0, 0.05) is 53.7 Å². The zero-order valence-corrected chi connectivity index (χ0v) is 61.9. The van der Waals surface area contributed by atoms with Crippen molar-refractivity contribution in [2.24, 2.45) is 29.6 Å². The van der Waals surface area contributed by atoms with Crippen LogP contribution in [-0.4, -0.2) is 82.7 Å². The molecular weight excluding hydrogens is 1440 g/mol. The Morgan fingerprint density at radius 1 is 0.267 bits per heavy atom. The smallest absolute Gasteiger partial charge is 0.105 e. The summed E-state index contributed by atoms with van der Waals surface area (Å²) in [4.78, 5) is 0. The van der Waals surface area contributed by atoms with Crippen LogP contribution >= 0.6 is 79.6 Å². The van der Waals surface area contributed by atoms with E-state index in [1.807, 2.05) is 0 Å². The molecule has 20 atom stereocenters. The van der Waals surface area contributed by atoms with E-state index in [-0.39, 0.29) is 56.0 Å². The fourth-order valence-corrected chi connectivity index (χ4v) is 28.5. The van der Waals surface area contributed by atoms with Crippen LogP contribution in [0.4, 0.5) is 0 Å². The topological polar surface area (TPSA) is 62.6 Å². The summed E-state index contributed by atoms with van der Waals surface area (Å²) in [5.41, 5.74) is 10.4. The van der Waals surface area contributed by atoms with Crippen molar-refractivity contribution >= 4 is 79.6 Å². The minimum Gasteiger partial charge on any atom is -0.362 e. The maximum absolute atomic E-state index is 6.38. The van der Waals surface area contributed by atoms with Gasteiger partial charge in [0.15, 0.2) is 0 Å². The Morgan fingerprint density at radius 2 is 0.422 bits per heavy atom. The predicted octanol–water partition coefficient (Wildman–Crippen LogP) is 20.3. The predicted molar refractivity (Wildman–Crippen MR) is 380 cm³/mol. The molecule has 0 radical (unpaired) electrons. The van der Waals surface area contributed by atoms with E-state index in [4.69, 9.17) is 23.7 Å². The van der Waals surface area contributed by atoms with Crippen molar-refractivity contribution < 1.29 is 23.7 Å². The molecular formula is C80H95Br5O5. The standard InChI is InChI=1S/5C16H19BrO/c5*1-14-15(12-5-3-2-4-6-12)8-7-13(11-15)16(14,18-14)9-10-17/h5*2-6,13H,7-11H2,1H3/t5*13-,14-,15+,16+/m11111/s1. The number of halogens is 5. The van der Waals surface area contributed by atoms with Gasteiger partial charge in [-0.15, -0.1) is 0 Å². The number of alkyl halides is 5. The first kappa shape index (κ1) is 63.1. The number of ether oxygens (including phenoxy) is 5. The van der Waals surface area contributed by atoms with Gasteiger partial charge in [0.25, 0.3) is 0 Å². The summed E-state index contributed by atoms with van der Waals surface area (Å²) < 4.78 is 31.9. The minimum absolute atomic E-state index is 0.0953. The van der Waals surface area contributed by atoms with Crippen molar-refractivity contribution in [3.8, 4) is 0 Å². The zero-order valence-electron chi connectivity index (χ0n) is 53.9.